The number of nitrogens with two attached hydrogens (primary N) is 1. The van der Waals surface area contributed by atoms with Gasteiger partial charge in [-0.2, -0.15) is 0 Å². The lowest BCUT2D eigenvalue weighted by Crippen LogP contribution is -2.54. The molecule has 0 aromatic heterocycles. The van der Waals surface area contributed by atoms with E-state index in [-0.39, 0.29) is 11.9 Å². The topological polar surface area (TPSA) is 80.3 Å². The predicted molar refractivity (Wildman–Crippen MR) is 69.9 cm³/mol. The van der Waals surface area contributed by atoms with Gasteiger partial charge in [0, 0.05) is 33.4 Å². The lowest BCUT2D eigenvalue weighted by molar-refractivity contribution is -0.0396. The lowest BCUT2D eigenvalue weighted by atomic mass is 9.89. The summed E-state index contributed by atoms with van der Waals surface area (Å²) >= 11 is 0. The van der Waals surface area contributed by atoms with Crippen molar-refractivity contribution in [2.75, 3.05) is 33.4 Å². The van der Waals surface area contributed by atoms with E-state index in [0.717, 1.165) is 32.5 Å². The Hall–Kier alpha value is -0.850. The number of nitrogens with zero attached hydrogens (tertiary/aromatic N) is 2. The first kappa shape index (κ1) is 15.2. The van der Waals surface area contributed by atoms with Crippen LogP contribution in [-0.2, 0) is 9.47 Å². The molecule has 1 fully saturated rings. The van der Waals surface area contributed by atoms with Crippen molar-refractivity contribution in [1.82, 2.24) is 4.90 Å². The second kappa shape index (κ2) is 6.92. The van der Waals surface area contributed by atoms with Crippen LogP contribution in [0.2, 0.25) is 0 Å². The number of rotatable bonds is 6. The largest absolute Gasteiger partial charge is 0.409 e. The van der Waals surface area contributed by atoms with Gasteiger partial charge in [-0.25, -0.2) is 0 Å². The quantitative estimate of drug-likeness (QED) is 0.317. The van der Waals surface area contributed by atoms with Crippen LogP contribution < -0.4 is 5.73 Å². The molecular formula is C12H25N3O3. The number of oxime groups is 1. The van der Waals surface area contributed by atoms with Crippen LogP contribution in [0.5, 0.6) is 0 Å². The molecule has 0 aromatic carbocycles. The van der Waals surface area contributed by atoms with Crippen molar-refractivity contribution >= 4 is 5.84 Å². The number of methoxy groups -OCH3 is 1. The molecule has 3 N–H and O–H groups in total. The number of likely N-dealkylation sites (tertiary alicyclic amines) is 1. The molecular weight excluding hydrogens is 234 g/mol. The van der Waals surface area contributed by atoms with Crippen LogP contribution in [0.25, 0.3) is 0 Å². The van der Waals surface area contributed by atoms with E-state index in [4.69, 9.17) is 20.4 Å². The highest BCUT2D eigenvalue weighted by atomic mass is 16.5. The summed E-state index contributed by atoms with van der Waals surface area (Å²) in [6, 6.07) is 0. The van der Waals surface area contributed by atoms with Gasteiger partial charge in [0.2, 0.25) is 0 Å². The maximum Gasteiger partial charge on any atom is 0.171 e. The Labute approximate surface area is 109 Å². The second-order valence-electron chi connectivity index (χ2n) is 4.76. The predicted octanol–water partition coefficient (Wildman–Crippen LogP) is 0.639. The first-order valence-electron chi connectivity index (χ1n) is 6.45. The van der Waals surface area contributed by atoms with Crippen molar-refractivity contribution in [3.05, 3.63) is 0 Å². The van der Waals surface area contributed by atoms with Crippen molar-refractivity contribution < 1.29 is 14.7 Å². The average Bonchev–Trinajstić information content (AvgIpc) is 2.40. The van der Waals surface area contributed by atoms with E-state index in [1.54, 1.807) is 7.11 Å². The van der Waals surface area contributed by atoms with Gasteiger partial charge in [-0.1, -0.05) is 5.16 Å². The Balaban J connectivity index is 2.58. The summed E-state index contributed by atoms with van der Waals surface area (Å²) in [7, 11) is 1.72. The molecule has 18 heavy (non-hydrogen) atoms. The highest BCUT2D eigenvalue weighted by Crippen LogP contribution is 2.27. The van der Waals surface area contributed by atoms with Crippen molar-refractivity contribution in [3.63, 3.8) is 0 Å². The fraction of sp³-hybridized carbons (Fsp3) is 0.917. The first-order chi connectivity index (χ1) is 8.57. The van der Waals surface area contributed by atoms with E-state index in [1.807, 2.05) is 13.8 Å². The Morgan fingerprint density at radius 2 is 2.11 bits per heavy atom. The lowest BCUT2D eigenvalue weighted by Gasteiger charge is -2.41. The van der Waals surface area contributed by atoms with Crippen LogP contribution in [0.3, 0.4) is 0 Å². The first-order valence-corrected chi connectivity index (χ1v) is 6.45. The van der Waals surface area contributed by atoms with E-state index in [2.05, 4.69) is 10.1 Å². The van der Waals surface area contributed by atoms with Crippen LogP contribution >= 0.6 is 0 Å². The average molecular weight is 259 g/mol. The van der Waals surface area contributed by atoms with E-state index < -0.39 is 5.60 Å². The normalized spacial score (nSPS) is 22.9. The van der Waals surface area contributed by atoms with Gasteiger partial charge in [0.15, 0.2) is 5.84 Å². The Morgan fingerprint density at radius 1 is 1.50 bits per heavy atom. The Kier molecular flexibility index (Phi) is 5.84. The van der Waals surface area contributed by atoms with Crippen molar-refractivity contribution in [2.45, 2.75) is 38.4 Å². The Bertz CT molecular complexity index is 276. The third-order valence-corrected chi connectivity index (χ3v) is 3.58. The summed E-state index contributed by atoms with van der Waals surface area (Å²) in [5.74, 6) is 0.184. The highest BCUT2D eigenvalue weighted by molar-refractivity contribution is 5.88. The summed E-state index contributed by atoms with van der Waals surface area (Å²) in [5.41, 5.74) is 5.17. The minimum atomic E-state index is -0.601. The molecule has 1 rings (SSSR count). The fourth-order valence-corrected chi connectivity index (χ4v) is 2.38. The van der Waals surface area contributed by atoms with Gasteiger partial charge >= 0.3 is 0 Å². The number of amidine groups is 1. The molecule has 0 radical (unpaired) electrons. The molecule has 0 saturated carbocycles. The molecule has 1 aliphatic heterocycles. The minimum Gasteiger partial charge on any atom is -0.409 e. The molecule has 1 heterocycles. The summed E-state index contributed by atoms with van der Waals surface area (Å²) in [4.78, 5) is 2.32. The third-order valence-electron chi connectivity index (χ3n) is 3.58. The van der Waals surface area contributed by atoms with Gasteiger partial charge in [-0.15, -0.1) is 0 Å². The molecule has 0 bridgehead atoms. The highest BCUT2D eigenvalue weighted by Gasteiger charge is 2.39. The van der Waals surface area contributed by atoms with E-state index in [1.165, 1.54) is 0 Å². The summed E-state index contributed by atoms with van der Waals surface area (Å²) in [5, 5.41) is 12.0. The van der Waals surface area contributed by atoms with Crippen LogP contribution in [0.1, 0.15) is 26.7 Å². The molecule has 0 amide bonds. The zero-order valence-electron chi connectivity index (χ0n) is 11.6. The minimum absolute atomic E-state index is 0.184. The molecule has 0 aromatic rings. The molecule has 0 aliphatic carbocycles. The smallest absolute Gasteiger partial charge is 0.171 e. The van der Waals surface area contributed by atoms with Crippen molar-refractivity contribution in [1.29, 1.82) is 0 Å². The molecule has 6 nitrogen and oxygen atoms in total. The molecule has 1 saturated heterocycles. The maximum absolute atomic E-state index is 8.88. The van der Waals surface area contributed by atoms with Gasteiger partial charge in [-0.05, 0) is 26.7 Å². The van der Waals surface area contributed by atoms with Crippen LogP contribution in [0.15, 0.2) is 5.16 Å². The molecule has 106 valence electrons. The monoisotopic (exact) mass is 259 g/mol. The zero-order chi connectivity index (χ0) is 13.6. The van der Waals surface area contributed by atoms with Crippen LogP contribution in [-0.4, -0.2) is 61.0 Å². The van der Waals surface area contributed by atoms with Gasteiger partial charge < -0.3 is 25.3 Å². The summed E-state index contributed by atoms with van der Waals surface area (Å²) in [6.07, 6.45) is 1.70. The molecule has 6 heteroatoms. The maximum atomic E-state index is 8.88. The molecule has 1 aliphatic rings. The van der Waals surface area contributed by atoms with Gasteiger partial charge in [0.25, 0.3) is 0 Å². The van der Waals surface area contributed by atoms with Gasteiger partial charge in [0.05, 0.1) is 6.10 Å². The van der Waals surface area contributed by atoms with E-state index in [9.17, 15) is 0 Å². The molecule has 1 unspecified atom stereocenters. The van der Waals surface area contributed by atoms with Crippen molar-refractivity contribution in [2.24, 2.45) is 10.9 Å². The SMILES string of the molecule is CCOC1(C(N)=NO)CCN(CC(C)OC)CC1. The number of ether oxygens (including phenoxy) is 2. The van der Waals surface area contributed by atoms with E-state index in [0.29, 0.717) is 6.61 Å². The van der Waals surface area contributed by atoms with Gasteiger partial charge in [0.1, 0.15) is 5.60 Å². The zero-order valence-corrected chi connectivity index (χ0v) is 11.6. The summed E-state index contributed by atoms with van der Waals surface area (Å²) in [6.45, 7) is 7.16. The number of piperidine rings is 1. The van der Waals surface area contributed by atoms with E-state index >= 15 is 0 Å². The fourth-order valence-electron chi connectivity index (χ4n) is 2.38. The second-order valence-corrected chi connectivity index (χ2v) is 4.76. The summed E-state index contributed by atoms with van der Waals surface area (Å²) < 4.78 is 11.0. The number of hydrogen-bond acceptors (Lipinski definition) is 5. The number of hydrogen-bond donors (Lipinski definition) is 2. The standard InChI is InChI=1S/C12H25N3O3/c1-4-18-12(11(13)14-16)5-7-15(8-6-12)9-10(2)17-3/h10,16H,4-9H2,1-3H3,(H2,13,14). The van der Waals surface area contributed by atoms with Crippen LogP contribution in [0.4, 0.5) is 0 Å². The van der Waals surface area contributed by atoms with Gasteiger partial charge in [-0.3, -0.25) is 0 Å². The molecule has 1 atom stereocenters. The van der Waals surface area contributed by atoms with Crippen LogP contribution in [0, 0.1) is 0 Å². The van der Waals surface area contributed by atoms with Crippen molar-refractivity contribution in [3.8, 4) is 0 Å². The molecule has 0 spiro atoms. The third kappa shape index (κ3) is 3.57. The Morgan fingerprint density at radius 3 is 2.56 bits per heavy atom.